The van der Waals surface area contributed by atoms with Crippen LogP contribution in [0.3, 0.4) is 0 Å². The minimum atomic E-state index is -0.145. The fourth-order valence-electron chi connectivity index (χ4n) is 6.93. The summed E-state index contributed by atoms with van der Waals surface area (Å²) in [5.74, 6) is 0.708. The fourth-order valence-corrected chi connectivity index (χ4v) is 6.93. The van der Waals surface area contributed by atoms with Crippen LogP contribution in [0, 0.1) is 20.8 Å². The van der Waals surface area contributed by atoms with Crippen LogP contribution in [-0.2, 0) is 35.5 Å². The topological polar surface area (TPSA) is 20.2 Å². The van der Waals surface area contributed by atoms with Crippen molar-refractivity contribution in [2.75, 3.05) is 0 Å². The first-order chi connectivity index (χ1) is 21.2. The number of rotatable bonds is 7. The first-order valence-electron chi connectivity index (χ1n) is 17.3. The molecule has 1 nitrogen and oxygen atoms in total. The van der Waals surface area contributed by atoms with Crippen molar-refractivity contribution >= 4 is 0 Å². The number of phenolic OH excluding ortho intramolecular Hbond substituents is 1. The normalized spacial score (nSPS) is 12.7. The van der Waals surface area contributed by atoms with E-state index in [1.165, 1.54) is 61.2 Å². The van der Waals surface area contributed by atoms with Crippen LogP contribution in [0.25, 0.3) is 0 Å². The van der Waals surface area contributed by atoms with E-state index in [0.29, 0.717) is 5.75 Å². The summed E-state index contributed by atoms with van der Waals surface area (Å²) in [4.78, 5) is 0. The molecule has 0 aliphatic heterocycles. The Morgan fingerprint density at radius 2 is 0.913 bits per heavy atom. The van der Waals surface area contributed by atoms with E-state index in [-0.39, 0.29) is 22.2 Å². The van der Waals surface area contributed by atoms with Gasteiger partial charge in [-0.3, -0.25) is 0 Å². The molecule has 0 amide bonds. The van der Waals surface area contributed by atoms with Crippen LogP contribution in [0.5, 0.6) is 5.75 Å². The van der Waals surface area contributed by atoms with Gasteiger partial charge in [0.05, 0.1) is 0 Å². The summed E-state index contributed by atoms with van der Waals surface area (Å²) >= 11 is 0. The van der Waals surface area contributed by atoms with E-state index in [9.17, 15) is 5.11 Å². The summed E-state index contributed by atoms with van der Waals surface area (Å²) < 4.78 is 0. The number of phenols is 1. The highest BCUT2D eigenvalue weighted by Crippen LogP contribution is 2.40. The van der Waals surface area contributed by atoms with E-state index >= 15 is 0 Å². The molecule has 0 aromatic heterocycles. The first kappa shape index (κ1) is 35.5. The molecule has 1 N–H and O–H groups in total. The summed E-state index contributed by atoms with van der Waals surface area (Å²) in [6, 6.07) is 22.9. The van der Waals surface area contributed by atoms with Gasteiger partial charge in [0.15, 0.2) is 0 Å². The molecule has 0 fully saturated rings. The van der Waals surface area contributed by atoms with Crippen LogP contribution in [-0.4, -0.2) is 5.11 Å². The number of hydrogen-bond donors (Lipinski definition) is 1. The molecular weight excluding hydrogens is 556 g/mol. The maximum atomic E-state index is 11.3. The Morgan fingerprint density at radius 3 is 1.26 bits per heavy atom. The van der Waals surface area contributed by atoms with Gasteiger partial charge in [0.1, 0.15) is 5.75 Å². The predicted octanol–water partition coefficient (Wildman–Crippen LogP) is 12.1. The zero-order chi connectivity index (χ0) is 34.4. The van der Waals surface area contributed by atoms with Gasteiger partial charge < -0.3 is 5.11 Å². The van der Waals surface area contributed by atoms with Crippen LogP contribution < -0.4 is 0 Å². The van der Waals surface area contributed by atoms with E-state index in [1.54, 1.807) is 0 Å². The second-order valence-electron chi connectivity index (χ2n) is 17.2. The lowest BCUT2D eigenvalue weighted by atomic mass is 9.79. The average Bonchev–Trinajstić information content (AvgIpc) is 2.95. The second-order valence-corrected chi connectivity index (χ2v) is 17.2. The number of benzene rings is 4. The van der Waals surface area contributed by atoms with Crippen molar-refractivity contribution in [3.8, 4) is 5.75 Å². The van der Waals surface area contributed by atoms with Gasteiger partial charge in [-0.05, 0) is 135 Å². The molecule has 0 radical (unpaired) electrons. The maximum Gasteiger partial charge on any atom is 0.122 e. The van der Waals surface area contributed by atoms with Gasteiger partial charge in [0, 0.05) is 0 Å². The molecule has 0 spiro atoms. The average molecular weight is 617 g/mol. The second kappa shape index (κ2) is 13.1. The molecule has 4 aromatic carbocycles. The molecule has 0 saturated carbocycles. The molecule has 0 bridgehead atoms. The number of hydrogen-bond acceptors (Lipinski definition) is 1. The van der Waals surface area contributed by atoms with Gasteiger partial charge in [-0.25, -0.2) is 0 Å². The van der Waals surface area contributed by atoms with Crippen molar-refractivity contribution < 1.29 is 5.11 Å². The molecule has 0 heterocycles. The van der Waals surface area contributed by atoms with Crippen LogP contribution >= 0.6 is 0 Å². The zero-order valence-corrected chi connectivity index (χ0v) is 31.4. The molecule has 0 aliphatic carbocycles. The zero-order valence-electron chi connectivity index (χ0n) is 31.4. The van der Waals surface area contributed by atoms with Crippen LogP contribution in [0.15, 0.2) is 60.7 Å². The third-order valence-electron chi connectivity index (χ3n) is 10.1. The summed E-state index contributed by atoms with van der Waals surface area (Å²) in [6.07, 6.45) is 2.69. The minimum Gasteiger partial charge on any atom is -0.507 e. The van der Waals surface area contributed by atoms with Crippen molar-refractivity contribution in [2.24, 2.45) is 0 Å². The Labute approximate surface area is 281 Å². The molecule has 246 valence electrons. The third kappa shape index (κ3) is 7.79. The van der Waals surface area contributed by atoms with E-state index in [4.69, 9.17) is 0 Å². The Balaban J connectivity index is 1.93. The predicted molar refractivity (Wildman–Crippen MR) is 200 cm³/mol. The highest BCUT2D eigenvalue weighted by atomic mass is 16.3. The highest BCUT2D eigenvalue weighted by molar-refractivity contribution is 5.56. The molecule has 1 heteroatoms. The molecule has 0 unspecified atom stereocenters. The van der Waals surface area contributed by atoms with Crippen molar-refractivity contribution in [1.82, 2.24) is 0 Å². The fraction of sp³-hybridized carbons (Fsp3) is 0.467. The summed E-state index contributed by atoms with van der Waals surface area (Å²) in [5.41, 5.74) is 17.5. The molecule has 4 aromatic rings. The molecular formula is C45H60O. The smallest absolute Gasteiger partial charge is 0.122 e. The SMILES string of the molecule is Cc1c(Cc2cccc(C(C)(C)C)c2)c(C)c(Cc2cc(C(C)C)c(O)c(C(C)(C)C)c2)c(C)c1Cc1cccc(C(C)(C)C)c1. The van der Waals surface area contributed by atoms with Gasteiger partial charge in [0.2, 0.25) is 0 Å². The molecule has 0 atom stereocenters. The van der Waals surface area contributed by atoms with E-state index in [0.717, 1.165) is 30.4 Å². The van der Waals surface area contributed by atoms with Crippen LogP contribution in [0.2, 0.25) is 0 Å². The molecule has 4 rings (SSSR count). The van der Waals surface area contributed by atoms with E-state index < -0.39 is 0 Å². The van der Waals surface area contributed by atoms with Crippen LogP contribution in [0.4, 0.5) is 0 Å². The Morgan fingerprint density at radius 1 is 0.522 bits per heavy atom. The summed E-state index contributed by atoms with van der Waals surface area (Å²) in [7, 11) is 0. The van der Waals surface area contributed by atoms with E-state index in [2.05, 4.69) is 158 Å². The quantitative estimate of drug-likeness (QED) is 0.219. The van der Waals surface area contributed by atoms with E-state index in [1.807, 2.05) is 0 Å². The van der Waals surface area contributed by atoms with Gasteiger partial charge >= 0.3 is 0 Å². The highest BCUT2D eigenvalue weighted by Gasteiger charge is 2.25. The lowest BCUT2D eigenvalue weighted by Gasteiger charge is -2.27. The maximum absolute atomic E-state index is 11.3. The van der Waals surface area contributed by atoms with Crippen molar-refractivity contribution in [3.63, 3.8) is 0 Å². The molecule has 0 saturated heterocycles. The van der Waals surface area contributed by atoms with Crippen molar-refractivity contribution in [1.29, 1.82) is 0 Å². The first-order valence-corrected chi connectivity index (χ1v) is 17.3. The Kier molecular flexibility index (Phi) is 10.1. The van der Waals surface area contributed by atoms with Crippen molar-refractivity contribution in [2.45, 2.75) is 138 Å². The van der Waals surface area contributed by atoms with Crippen LogP contribution in [0.1, 0.15) is 154 Å². The third-order valence-corrected chi connectivity index (χ3v) is 10.1. The number of aromatic hydroxyl groups is 1. The standard InChI is InChI=1S/C45H60O/c1-28(2)37-25-34(27-41(42(37)46)45(12,13)14)26-40-30(4)38(23-32-17-15-19-35(21-32)43(6,7)8)29(3)39(31(40)5)24-33-18-16-20-36(22-33)44(9,10)11/h15-22,25,27-28,46H,23-24,26H2,1-14H3. The summed E-state index contributed by atoms with van der Waals surface area (Å²) in [6.45, 7) is 31.8. The lowest BCUT2D eigenvalue weighted by Crippen LogP contribution is -2.14. The molecule has 0 aliphatic rings. The van der Waals surface area contributed by atoms with Gasteiger partial charge in [-0.1, -0.05) is 137 Å². The van der Waals surface area contributed by atoms with Gasteiger partial charge in [-0.2, -0.15) is 0 Å². The molecule has 46 heavy (non-hydrogen) atoms. The monoisotopic (exact) mass is 616 g/mol. The Bertz CT molecular complexity index is 1620. The minimum absolute atomic E-state index is 0.111. The Hall–Kier alpha value is -3.32. The summed E-state index contributed by atoms with van der Waals surface area (Å²) in [5, 5.41) is 11.3. The van der Waals surface area contributed by atoms with Crippen molar-refractivity contribution in [3.05, 3.63) is 133 Å². The lowest BCUT2D eigenvalue weighted by molar-refractivity contribution is 0.437. The largest absolute Gasteiger partial charge is 0.507 e. The van der Waals surface area contributed by atoms with Gasteiger partial charge in [0.25, 0.3) is 0 Å². The van der Waals surface area contributed by atoms with Gasteiger partial charge in [-0.15, -0.1) is 0 Å².